The zero-order valence-electron chi connectivity index (χ0n) is 7.31. The van der Waals surface area contributed by atoms with E-state index in [9.17, 15) is 9.59 Å². The van der Waals surface area contributed by atoms with Gasteiger partial charge in [0.05, 0.1) is 0 Å². The van der Waals surface area contributed by atoms with Crippen LogP contribution in [0.5, 0.6) is 0 Å². The molecular formula is C10H9BrO3. The summed E-state index contributed by atoms with van der Waals surface area (Å²) in [7, 11) is 0. The van der Waals surface area contributed by atoms with Gasteiger partial charge >= 0.3 is 0 Å². The lowest BCUT2D eigenvalue weighted by Gasteiger charge is -2.06. The van der Waals surface area contributed by atoms with Crippen LogP contribution in [0.3, 0.4) is 0 Å². The van der Waals surface area contributed by atoms with Crippen LogP contribution >= 0.6 is 15.9 Å². The largest absolute Gasteiger partial charge is 0.388 e. The molecule has 0 aromatic heterocycles. The minimum atomic E-state index is -0.782. The summed E-state index contributed by atoms with van der Waals surface area (Å²) in [6.45, 7) is -0.742. The Morgan fingerprint density at radius 2 is 1.86 bits per heavy atom. The average molecular weight is 257 g/mol. The molecule has 4 heteroatoms. The van der Waals surface area contributed by atoms with Gasteiger partial charge in [0, 0.05) is 0 Å². The summed E-state index contributed by atoms with van der Waals surface area (Å²) in [5.74, 6) is -1.41. The molecule has 14 heavy (non-hydrogen) atoms. The van der Waals surface area contributed by atoms with Crippen LogP contribution in [0.2, 0.25) is 0 Å². The van der Waals surface area contributed by atoms with E-state index in [0.29, 0.717) is 5.56 Å². The second kappa shape index (κ2) is 5.02. The highest BCUT2D eigenvalue weighted by Crippen LogP contribution is 2.23. The molecule has 74 valence electrons. The molecule has 0 saturated carbocycles. The van der Waals surface area contributed by atoms with Gasteiger partial charge in [-0.15, -0.1) is 0 Å². The summed E-state index contributed by atoms with van der Waals surface area (Å²) in [6.07, 6.45) is 0. The number of hydrogen-bond acceptors (Lipinski definition) is 3. The monoisotopic (exact) mass is 256 g/mol. The van der Waals surface area contributed by atoms with E-state index in [1.165, 1.54) is 0 Å². The molecule has 1 aromatic rings. The summed E-state index contributed by atoms with van der Waals surface area (Å²) < 4.78 is 0. The predicted octanol–water partition coefficient (Wildman–Crippen LogP) is 1.25. The molecule has 1 unspecified atom stereocenters. The fourth-order valence-electron chi connectivity index (χ4n) is 0.993. The van der Waals surface area contributed by atoms with Crippen LogP contribution in [0.4, 0.5) is 0 Å². The number of aliphatic hydroxyl groups excluding tert-OH is 1. The van der Waals surface area contributed by atoms with Gasteiger partial charge in [-0.3, -0.25) is 9.59 Å². The smallest absolute Gasteiger partial charge is 0.225 e. The molecule has 1 atom stereocenters. The molecule has 1 aromatic carbocycles. The van der Waals surface area contributed by atoms with Crippen LogP contribution in [0.25, 0.3) is 0 Å². The lowest BCUT2D eigenvalue weighted by Crippen LogP contribution is -2.21. The van der Waals surface area contributed by atoms with Gasteiger partial charge in [0.2, 0.25) is 11.6 Å². The van der Waals surface area contributed by atoms with Crippen molar-refractivity contribution < 1.29 is 14.7 Å². The third-order valence-corrected chi connectivity index (χ3v) is 2.69. The first-order chi connectivity index (χ1) is 6.66. The first-order valence-corrected chi connectivity index (χ1v) is 4.95. The van der Waals surface area contributed by atoms with Crippen molar-refractivity contribution in [3.8, 4) is 0 Å². The Hall–Kier alpha value is -1.00. The minimum Gasteiger partial charge on any atom is -0.388 e. The zero-order valence-corrected chi connectivity index (χ0v) is 8.90. The number of carbonyl (C=O) groups is 2. The van der Waals surface area contributed by atoms with E-state index in [1.54, 1.807) is 24.3 Å². The van der Waals surface area contributed by atoms with Crippen LogP contribution in [0.15, 0.2) is 30.3 Å². The topological polar surface area (TPSA) is 54.4 Å². The van der Waals surface area contributed by atoms with Gasteiger partial charge in [-0.25, -0.2) is 0 Å². The van der Waals surface area contributed by atoms with Gasteiger partial charge in [0.25, 0.3) is 0 Å². The van der Waals surface area contributed by atoms with Crippen molar-refractivity contribution in [1.29, 1.82) is 0 Å². The molecule has 3 nitrogen and oxygen atoms in total. The molecule has 0 radical (unpaired) electrons. The summed E-state index contributed by atoms with van der Waals surface area (Å²) in [5, 5.41) is 8.51. The van der Waals surface area contributed by atoms with Crippen molar-refractivity contribution >= 4 is 27.5 Å². The van der Waals surface area contributed by atoms with Gasteiger partial charge in [-0.05, 0) is 5.56 Å². The van der Waals surface area contributed by atoms with Crippen LogP contribution in [0, 0.1) is 0 Å². The molecule has 0 aliphatic rings. The highest BCUT2D eigenvalue weighted by molar-refractivity contribution is 9.09. The second-order valence-electron chi connectivity index (χ2n) is 2.72. The van der Waals surface area contributed by atoms with E-state index in [2.05, 4.69) is 15.9 Å². The predicted molar refractivity (Wildman–Crippen MR) is 55.2 cm³/mol. The number of alkyl halides is 1. The van der Waals surface area contributed by atoms with Crippen molar-refractivity contribution in [2.75, 3.05) is 6.61 Å². The number of rotatable bonds is 4. The first-order valence-electron chi connectivity index (χ1n) is 4.03. The number of ketones is 2. The van der Waals surface area contributed by atoms with E-state index in [-0.39, 0.29) is 0 Å². The number of aliphatic hydroxyl groups is 1. The molecule has 0 spiro atoms. The second-order valence-corrected chi connectivity index (χ2v) is 3.63. The van der Waals surface area contributed by atoms with Crippen LogP contribution in [-0.4, -0.2) is 23.3 Å². The van der Waals surface area contributed by atoms with Gasteiger partial charge < -0.3 is 5.11 Å². The van der Waals surface area contributed by atoms with Crippen LogP contribution in [-0.2, 0) is 9.59 Å². The molecule has 0 aliphatic carbocycles. The number of benzene rings is 1. The Bertz CT molecular complexity index is 334. The van der Waals surface area contributed by atoms with Crippen LogP contribution in [0.1, 0.15) is 10.4 Å². The number of hydrogen-bond donors (Lipinski definition) is 1. The molecule has 0 aliphatic heterocycles. The third-order valence-electron chi connectivity index (χ3n) is 1.74. The van der Waals surface area contributed by atoms with E-state index in [4.69, 9.17) is 5.11 Å². The van der Waals surface area contributed by atoms with Crippen LogP contribution < -0.4 is 0 Å². The van der Waals surface area contributed by atoms with Crippen molar-refractivity contribution in [3.63, 3.8) is 0 Å². The molecule has 0 fully saturated rings. The quantitative estimate of drug-likeness (QED) is 0.652. The van der Waals surface area contributed by atoms with Crippen molar-refractivity contribution in [2.24, 2.45) is 0 Å². The van der Waals surface area contributed by atoms with E-state index in [0.717, 1.165) is 0 Å². The van der Waals surface area contributed by atoms with Gasteiger partial charge in [0.15, 0.2) is 0 Å². The number of halogens is 1. The first kappa shape index (κ1) is 11.1. The fraction of sp³-hybridized carbons (Fsp3) is 0.200. The number of carbonyl (C=O) groups excluding carboxylic acids is 2. The van der Waals surface area contributed by atoms with E-state index in [1.807, 2.05) is 6.07 Å². The molecule has 1 rings (SSSR count). The van der Waals surface area contributed by atoms with Gasteiger partial charge in [-0.1, -0.05) is 46.3 Å². The lowest BCUT2D eigenvalue weighted by atomic mass is 10.1. The van der Waals surface area contributed by atoms with Crippen molar-refractivity contribution in [2.45, 2.75) is 4.83 Å². The Morgan fingerprint density at radius 3 is 2.36 bits per heavy atom. The van der Waals surface area contributed by atoms with Crippen molar-refractivity contribution in [1.82, 2.24) is 0 Å². The molecular weight excluding hydrogens is 248 g/mol. The zero-order chi connectivity index (χ0) is 10.6. The normalized spacial score (nSPS) is 12.1. The molecule has 0 bridgehead atoms. The Balaban J connectivity index is 2.81. The summed E-state index contributed by atoms with van der Waals surface area (Å²) in [5.41, 5.74) is 0.708. The highest BCUT2D eigenvalue weighted by atomic mass is 79.9. The molecule has 0 saturated heterocycles. The van der Waals surface area contributed by atoms with Crippen molar-refractivity contribution in [3.05, 3.63) is 35.9 Å². The Morgan fingerprint density at radius 1 is 1.29 bits per heavy atom. The maximum Gasteiger partial charge on any atom is 0.225 e. The summed E-state index contributed by atoms with van der Waals surface area (Å²) in [6, 6.07) is 8.85. The average Bonchev–Trinajstić information content (AvgIpc) is 2.27. The summed E-state index contributed by atoms with van der Waals surface area (Å²) in [4.78, 5) is 21.6. The molecule has 1 N–H and O–H groups in total. The molecule has 0 amide bonds. The van der Waals surface area contributed by atoms with Gasteiger partial charge in [-0.2, -0.15) is 0 Å². The fourth-order valence-corrected chi connectivity index (χ4v) is 1.55. The minimum absolute atomic E-state index is 0.626. The Kier molecular flexibility index (Phi) is 3.98. The Labute approximate surface area is 89.9 Å². The third kappa shape index (κ3) is 2.49. The molecule has 0 heterocycles. The summed E-state index contributed by atoms with van der Waals surface area (Å²) >= 11 is 3.11. The van der Waals surface area contributed by atoms with E-state index >= 15 is 0 Å². The number of Topliss-reactive ketones (excluding diaryl/α,β-unsaturated/α-hetero) is 2. The lowest BCUT2D eigenvalue weighted by molar-refractivity contribution is -0.137. The SMILES string of the molecule is O=C(CO)C(=O)C(Br)c1ccccc1. The maximum atomic E-state index is 11.3. The maximum absolute atomic E-state index is 11.3. The highest BCUT2D eigenvalue weighted by Gasteiger charge is 2.22. The van der Waals surface area contributed by atoms with E-state index < -0.39 is 23.0 Å². The standard InChI is InChI=1S/C10H9BrO3/c11-9(10(14)8(13)6-12)7-4-2-1-3-5-7/h1-5,9,12H,6H2. The van der Waals surface area contributed by atoms with Gasteiger partial charge in [0.1, 0.15) is 11.4 Å².